The molecule has 0 fully saturated rings. The van der Waals surface area contributed by atoms with Gasteiger partial charge in [0.25, 0.3) is 0 Å². The van der Waals surface area contributed by atoms with Crippen LogP contribution < -0.4 is 0 Å². The summed E-state index contributed by atoms with van der Waals surface area (Å²) >= 11 is 5.00. The van der Waals surface area contributed by atoms with Crippen LogP contribution in [0.2, 0.25) is 0 Å². The highest BCUT2D eigenvalue weighted by Crippen LogP contribution is 2.30. The van der Waals surface area contributed by atoms with Gasteiger partial charge in [-0.25, -0.2) is 4.98 Å². The summed E-state index contributed by atoms with van der Waals surface area (Å²) in [4.78, 5) is 4.42. The highest BCUT2D eigenvalue weighted by atomic mass is 79.9. The van der Waals surface area contributed by atoms with Crippen molar-refractivity contribution in [2.75, 3.05) is 0 Å². The molecule has 1 aromatic heterocycles. The van der Waals surface area contributed by atoms with Gasteiger partial charge in [0, 0.05) is 15.4 Å². The quantitative estimate of drug-likeness (QED) is 0.911. The Balaban J connectivity index is 2.42. The smallest absolute Gasteiger partial charge is 0.123 e. The van der Waals surface area contributed by atoms with E-state index < -0.39 is 6.10 Å². The van der Waals surface area contributed by atoms with E-state index in [1.54, 1.807) is 18.3 Å². The Kier molecular flexibility index (Phi) is 3.42. The Morgan fingerprint density at radius 2 is 2.19 bits per heavy atom. The Bertz CT molecular complexity index is 507. The van der Waals surface area contributed by atoms with Crippen molar-refractivity contribution in [1.82, 2.24) is 4.98 Å². The van der Waals surface area contributed by atoms with Crippen molar-refractivity contribution >= 4 is 27.3 Å². The van der Waals surface area contributed by atoms with Crippen molar-refractivity contribution in [1.29, 1.82) is 0 Å². The minimum absolute atomic E-state index is 0.499. The molecule has 1 heterocycles. The van der Waals surface area contributed by atoms with Gasteiger partial charge in [0.15, 0.2) is 0 Å². The third-order valence-corrected chi connectivity index (χ3v) is 3.76. The molecule has 1 unspecified atom stereocenters. The molecule has 0 spiro atoms. The summed E-state index contributed by atoms with van der Waals surface area (Å²) in [5.41, 5.74) is 3.04. The van der Waals surface area contributed by atoms with E-state index in [1.807, 2.05) is 17.5 Å². The molecule has 1 N–H and O–H groups in total. The van der Waals surface area contributed by atoms with Gasteiger partial charge in [0.2, 0.25) is 0 Å². The van der Waals surface area contributed by atoms with Crippen LogP contribution in [0.4, 0.5) is 0 Å². The van der Waals surface area contributed by atoms with Crippen molar-refractivity contribution in [2.45, 2.75) is 20.0 Å². The summed E-state index contributed by atoms with van der Waals surface area (Å²) in [6.07, 6.45) is -0.499. The van der Waals surface area contributed by atoms with E-state index in [1.165, 1.54) is 5.56 Å². The zero-order valence-corrected chi connectivity index (χ0v) is 11.5. The molecule has 1 aromatic carbocycles. The van der Waals surface area contributed by atoms with Crippen LogP contribution in [-0.4, -0.2) is 10.1 Å². The number of rotatable bonds is 2. The molecular formula is C12H12BrNOS. The van der Waals surface area contributed by atoms with Crippen molar-refractivity contribution in [3.05, 3.63) is 39.3 Å². The van der Waals surface area contributed by atoms with E-state index in [9.17, 15) is 5.11 Å². The lowest BCUT2D eigenvalue weighted by molar-refractivity contribution is 0.195. The topological polar surface area (TPSA) is 33.1 Å². The maximum absolute atomic E-state index is 9.43. The highest BCUT2D eigenvalue weighted by Gasteiger charge is 2.10. The van der Waals surface area contributed by atoms with Gasteiger partial charge >= 0.3 is 0 Å². The van der Waals surface area contributed by atoms with Crippen molar-refractivity contribution in [2.24, 2.45) is 0 Å². The summed E-state index contributed by atoms with van der Waals surface area (Å²) in [7, 11) is 0. The predicted octanol–water partition coefficient (Wildman–Crippen LogP) is 3.93. The van der Waals surface area contributed by atoms with E-state index in [2.05, 4.69) is 33.9 Å². The second-order valence-corrected chi connectivity index (χ2v) is 5.49. The van der Waals surface area contributed by atoms with E-state index in [0.29, 0.717) is 0 Å². The number of hydrogen-bond donors (Lipinski definition) is 1. The predicted molar refractivity (Wildman–Crippen MR) is 70.6 cm³/mol. The highest BCUT2D eigenvalue weighted by molar-refractivity contribution is 9.10. The average molecular weight is 298 g/mol. The minimum Gasteiger partial charge on any atom is -0.387 e. The number of benzene rings is 1. The molecule has 0 saturated carbocycles. The molecule has 2 aromatic rings. The second-order valence-electron chi connectivity index (χ2n) is 3.71. The molecule has 0 bridgehead atoms. The largest absolute Gasteiger partial charge is 0.387 e. The van der Waals surface area contributed by atoms with Crippen LogP contribution in [0, 0.1) is 6.92 Å². The number of aliphatic hydroxyl groups excluding tert-OH is 1. The van der Waals surface area contributed by atoms with Gasteiger partial charge in [-0.05, 0) is 31.5 Å². The van der Waals surface area contributed by atoms with Crippen LogP contribution >= 0.6 is 27.3 Å². The summed E-state index contributed by atoms with van der Waals surface area (Å²) in [5.74, 6) is 0. The van der Waals surface area contributed by atoms with Crippen LogP contribution in [0.1, 0.15) is 24.3 Å². The summed E-state index contributed by atoms with van der Waals surface area (Å²) < 4.78 is 1.07. The van der Waals surface area contributed by atoms with Crippen molar-refractivity contribution in [3.63, 3.8) is 0 Å². The molecule has 1 atom stereocenters. The van der Waals surface area contributed by atoms with Gasteiger partial charge in [-0.3, -0.25) is 0 Å². The van der Waals surface area contributed by atoms with Crippen LogP contribution in [-0.2, 0) is 0 Å². The third-order valence-electron chi connectivity index (χ3n) is 2.37. The molecule has 2 rings (SSSR count). The number of nitrogens with zero attached hydrogens (tertiary/aromatic N) is 1. The first kappa shape index (κ1) is 11.8. The van der Waals surface area contributed by atoms with Crippen LogP contribution in [0.5, 0.6) is 0 Å². The fraction of sp³-hybridized carbons (Fsp3) is 0.250. The normalized spacial score (nSPS) is 12.8. The first-order valence-electron chi connectivity index (χ1n) is 4.98. The lowest BCUT2D eigenvalue weighted by Crippen LogP contribution is -1.91. The van der Waals surface area contributed by atoms with E-state index in [4.69, 9.17) is 0 Å². The molecule has 84 valence electrons. The molecule has 0 amide bonds. The average Bonchev–Trinajstić information content (AvgIpc) is 2.66. The number of aromatic nitrogens is 1. The first-order chi connectivity index (χ1) is 7.58. The van der Waals surface area contributed by atoms with Gasteiger partial charge in [-0.2, -0.15) is 0 Å². The molecule has 0 aliphatic heterocycles. The molecule has 2 nitrogen and oxygen atoms in total. The molecule has 0 saturated heterocycles. The van der Waals surface area contributed by atoms with Crippen LogP contribution in [0.25, 0.3) is 10.6 Å². The monoisotopic (exact) mass is 297 g/mol. The minimum atomic E-state index is -0.499. The molecule has 16 heavy (non-hydrogen) atoms. The fourth-order valence-electron chi connectivity index (χ4n) is 1.47. The summed E-state index contributed by atoms with van der Waals surface area (Å²) in [5, 5.41) is 12.3. The zero-order chi connectivity index (χ0) is 11.7. The SMILES string of the molecule is Cc1cc(Br)ccc1-c1nc(C(C)O)cs1. The van der Waals surface area contributed by atoms with Gasteiger partial charge in [-0.15, -0.1) is 11.3 Å². The number of aliphatic hydroxyl groups is 1. The van der Waals surface area contributed by atoms with Gasteiger partial charge in [-0.1, -0.05) is 22.0 Å². The van der Waals surface area contributed by atoms with Gasteiger partial charge in [0.05, 0.1) is 11.8 Å². The second kappa shape index (κ2) is 4.65. The molecule has 0 aliphatic rings. The van der Waals surface area contributed by atoms with Gasteiger partial charge in [0.1, 0.15) is 5.01 Å². The van der Waals surface area contributed by atoms with Gasteiger partial charge < -0.3 is 5.11 Å². The first-order valence-corrected chi connectivity index (χ1v) is 6.65. The number of halogens is 1. The lowest BCUT2D eigenvalue weighted by Gasteiger charge is -2.02. The Morgan fingerprint density at radius 3 is 2.75 bits per heavy atom. The maximum atomic E-state index is 9.43. The standard InChI is InChI=1S/C12H12BrNOS/c1-7-5-9(13)3-4-10(7)12-14-11(6-16-12)8(2)15/h3-6,8,15H,1-2H3. The molecule has 0 aliphatic carbocycles. The maximum Gasteiger partial charge on any atom is 0.123 e. The fourth-order valence-corrected chi connectivity index (χ4v) is 2.94. The van der Waals surface area contributed by atoms with Crippen molar-refractivity contribution in [3.8, 4) is 10.6 Å². The molecular weight excluding hydrogens is 286 g/mol. The lowest BCUT2D eigenvalue weighted by atomic mass is 10.1. The number of aryl methyl sites for hydroxylation is 1. The Morgan fingerprint density at radius 1 is 1.44 bits per heavy atom. The Hall–Kier alpha value is -0.710. The number of hydrogen-bond acceptors (Lipinski definition) is 3. The summed E-state index contributed by atoms with van der Waals surface area (Å²) in [6, 6.07) is 6.12. The van der Waals surface area contributed by atoms with Crippen molar-refractivity contribution < 1.29 is 5.11 Å². The van der Waals surface area contributed by atoms with Crippen LogP contribution in [0.3, 0.4) is 0 Å². The molecule has 4 heteroatoms. The van der Waals surface area contributed by atoms with E-state index in [-0.39, 0.29) is 0 Å². The molecule has 0 radical (unpaired) electrons. The summed E-state index contributed by atoms with van der Waals surface area (Å²) in [6.45, 7) is 3.79. The number of thiazole rings is 1. The van der Waals surface area contributed by atoms with E-state index in [0.717, 1.165) is 20.7 Å². The zero-order valence-electron chi connectivity index (χ0n) is 9.07. The van der Waals surface area contributed by atoms with Crippen LogP contribution in [0.15, 0.2) is 28.1 Å². The third kappa shape index (κ3) is 2.34. The van der Waals surface area contributed by atoms with E-state index >= 15 is 0 Å². The Labute approximate surface area is 107 Å².